The van der Waals surface area contributed by atoms with E-state index < -0.39 is 0 Å². The minimum Gasteiger partial charge on any atom is -0.310 e. The van der Waals surface area contributed by atoms with Crippen LogP contribution in [0.2, 0.25) is 0 Å². The summed E-state index contributed by atoms with van der Waals surface area (Å²) in [5, 5.41) is 7.36. The summed E-state index contributed by atoms with van der Waals surface area (Å²) in [5.41, 5.74) is 0. The minimum atomic E-state index is 0.762. The van der Waals surface area contributed by atoms with Gasteiger partial charge in [0.2, 0.25) is 0 Å². The van der Waals surface area contributed by atoms with Gasteiger partial charge >= 0.3 is 0 Å². The molecule has 0 aromatic carbocycles. The zero-order valence-corrected chi connectivity index (χ0v) is 7.26. The fraction of sp³-hybridized carbons (Fsp3) is 0.714. The summed E-state index contributed by atoms with van der Waals surface area (Å²) in [7, 11) is 1.90. The molecule has 1 rings (SSSR count). The highest BCUT2D eigenvalue weighted by Crippen LogP contribution is 1.92. The quantitative estimate of drug-likeness (QED) is 0.678. The summed E-state index contributed by atoms with van der Waals surface area (Å²) in [6, 6.07) is 0. The summed E-state index contributed by atoms with van der Waals surface area (Å²) in [4.78, 5) is 4.24. The molecule has 0 fully saturated rings. The lowest BCUT2D eigenvalue weighted by molar-refractivity contribution is 0.667. The Labute approximate surface area is 66.6 Å². The van der Waals surface area contributed by atoms with Crippen molar-refractivity contribution in [3.8, 4) is 0 Å². The van der Waals surface area contributed by atoms with Gasteiger partial charge in [0.15, 0.2) is 5.82 Å². The van der Waals surface area contributed by atoms with Crippen molar-refractivity contribution in [2.24, 2.45) is 7.05 Å². The molecule has 1 heterocycles. The first-order valence-corrected chi connectivity index (χ1v) is 3.81. The van der Waals surface area contributed by atoms with E-state index in [0.717, 1.165) is 24.7 Å². The van der Waals surface area contributed by atoms with E-state index in [0.29, 0.717) is 0 Å². The van der Waals surface area contributed by atoms with Gasteiger partial charge in [-0.15, -0.1) is 0 Å². The van der Waals surface area contributed by atoms with Gasteiger partial charge in [0.1, 0.15) is 5.82 Å². The van der Waals surface area contributed by atoms with Gasteiger partial charge < -0.3 is 5.32 Å². The number of hydrogen-bond donors (Lipinski definition) is 1. The molecule has 0 aliphatic heterocycles. The molecule has 0 unspecified atom stereocenters. The average molecular weight is 154 g/mol. The molecule has 0 bridgehead atoms. The lowest BCUT2D eigenvalue weighted by Gasteiger charge is -1.93. The molecule has 0 aliphatic rings. The molecule has 11 heavy (non-hydrogen) atoms. The zero-order chi connectivity index (χ0) is 8.27. The smallest absolute Gasteiger partial charge is 0.164 e. The van der Waals surface area contributed by atoms with Crippen LogP contribution in [0, 0.1) is 6.92 Å². The summed E-state index contributed by atoms with van der Waals surface area (Å²) < 4.78 is 1.78. The number of hydrogen-bond acceptors (Lipinski definition) is 3. The van der Waals surface area contributed by atoms with E-state index in [1.54, 1.807) is 4.68 Å². The Morgan fingerprint density at radius 1 is 1.55 bits per heavy atom. The van der Waals surface area contributed by atoms with Gasteiger partial charge in [0, 0.05) is 7.05 Å². The van der Waals surface area contributed by atoms with Crippen LogP contribution in [0.25, 0.3) is 0 Å². The van der Waals surface area contributed by atoms with Crippen LogP contribution in [0.4, 0.5) is 0 Å². The topological polar surface area (TPSA) is 42.7 Å². The Bertz CT molecular complexity index is 209. The molecule has 4 nitrogen and oxygen atoms in total. The number of nitrogens with zero attached hydrogens (tertiary/aromatic N) is 3. The Morgan fingerprint density at radius 3 is 2.73 bits per heavy atom. The Kier molecular flexibility index (Phi) is 2.59. The minimum absolute atomic E-state index is 0.762. The van der Waals surface area contributed by atoms with Crippen LogP contribution in [-0.4, -0.2) is 21.3 Å². The third-order valence-corrected chi connectivity index (χ3v) is 1.56. The molecule has 0 saturated heterocycles. The van der Waals surface area contributed by atoms with Gasteiger partial charge in [-0.2, -0.15) is 5.10 Å². The molecule has 4 heteroatoms. The molecule has 1 aromatic heterocycles. The second-order valence-corrected chi connectivity index (χ2v) is 2.48. The van der Waals surface area contributed by atoms with Gasteiger partial charge in [-0.25, -0.2) is 4.98 Å². The molecule has 0 radical (unpaired) electrons. The Hall–Kier alpha value is -0.900. The molecular formula is C7H14N4. The van der Waals surface area contributed by atoms with Crippen LogP contribution in [-0.2, 0) is 13.6 Å². The third kappa shape index (κ3) is 2.01. The standard InChI is InChI=1S/C7H14N4/c1-4-8-5-7-9-6(2)11(3)10-7/h8H,4-5H2,1-3H3. The highest BCUT2D eigenvalue weighted by molar-refractivity contribution is 4.88. The van der Waals surface area contributed by atoms with Crippen LogP contribution < -0.4 is 5.32 Å². The van der Waals surface area contributed by atoms with Crippen LogP contribution in [0.1, 0.15) is 18.6 Å². The van der Waals surface area contributed by atoms with Gasteiger partial charge in [-0.1, -0.05) is 6.92 Å². The number of aryl methyl sites for hydroxylation is 2. The van der Waals surface area contributed by atoms with E-state index >= 15 is 0 Å². The predicted octanol–water partition coefficient (Wildman–Crippen LogP) is 0.233. The van der Waals surface area contributed by atoms with E-state index in [2.05, 4.69) is 22.3 Å². The second kappa shape index (κ2) is 3.48. The SMILES string of the molecule is CCNCc1nc(C)n(C)n1. The lowest BCUT2D eigenvalue weighted by Crippen LogP contribution is -2.13. The van der Waals surface area contributed by atoms with Crippen LogP contribution in [0.5, 0.6) is 0 Å². The van der Waals surface area contributed by atoms with Crippen LogP contribution in [0.15, 0.2) is 0 Å². The molecule has 0 saturated carbocycles. The molecule has 0 aliphatic carbocycles. The molecule has 0 amide bonds. The molecule has 62 valence electrons. The molecular weight excluding hydrogens is 140 g/mol. The van der Waals surface area contributed by atoms with E-state index in [1.165, 1.54) is 0 Å². The van der Waals surface area contributed by atoms with Crippen molar-refractivity contribution in [1.29, 1.82) is 0 Å². The van der Waals surface area contributed by atoms with Gasteiger partial charge in [0.05, 0.1) is 6.54 Å². The highest BCUT2D eigenvalue weighted by Gasteiger charge is 2.00. The second-order valence-electron chi connectivity index (χ2n) is 2.48. The molecule has 1 aromatic rings. The molecule has 0 spiro atoms. The predicted molar refractivity (Wildman–Crippen MR) is 43.1 cm³/mol. The van der Waals surface area contributed by atoms with Crippen molar-refractivity contribution in [1.82, 2.24) is 20.1 Å². The van der Waals surface area contributed by atoms with Gasteiger partial charge in [-0.05, 0) is 13.5 Å². The van der Waals surface area contributed by atoms with E-state index in [9.17, 15) is 0 Å². The Balaban J connectivity index is 2.58. The average Bonchev–Trinajstić information content (AvgIpc) is 2.28. The number of nitrogens with one attached hydrogen (secondary N) is 1. The first kappa shape index (κ1) is 8.20. The van der Waals surface area contributed by atoms with Crippen molar-refractivity contribution in [3.05, 3.63) is 11.6 Å². The number of aromatic nitrogens is 3. The molecule has 0 atom stereocenters. The molecule has 1 N–H and O–H groups in total. The van der Waals surface area contributed by atoms with Gasteiger partial charge in [-0.3, -0.25) is 4.68 Å². The van der Waals surface area contributed by atoms with Crippen LogP contribution >= 0.6 is 0 Å². The van der Waals surface area contributed by atoms with E-state index in [1.807, 2.05) is 14.0 Å². The van der Waals surface area contributed by atoms with Crippen molar-refractivity contribution in [2.45, 2.75) is 20.4 Å². The van der Waals surface area contributed by atoms with Crippen molar-refractivity contribution in [3.63, 3.8) is 0 Å². The first-order chi connectivity index (χ1) is 5.24. The van der Waals surface area contributed by atoms with E-state index in [-0.39, 0.29) is 0 Å². The largest absolute Gasteiger partial charge is 0.310 e. The summed E-state index contributed by atoms with van der Waals surface area (Å²) >= 11 is 0. The number of rotatable bonds is 3. The Morgan fingerprint density at radius 2 is 2.27 bits per heavy atom. The van der Waals surface area contributed by atoms with Crippen molar-refractivity contribution in [2.75, 3.05) is 6.54 Å². The highest BCUT2D eigenvalue weighted by atomic mass is 15.3. The lowest BCUT2D eigenvalue weighted by atomic mass is 10.6. The normalized spacial score (nSPS) is 10.5. The maximum atomic E-state index is 4.24. The zero-order valence-electron chi connectivity index (χ0n) is 7.26. The monoisotopic (exact) mass is 154 g/mol. The maximum Gasteiger partial charge on any atom is 0.164 e. The summed E-state index contributed by atoms with van der Waals surface area (Å²) in [6.07, 6.45) is 0. The fourth-order valence-electron chi connectivity index (χ4n) is 0.839. The maximum absolute atomic E-state index is 4.24. The summed E-state index contributed by atoms with van der Waals surface area (Å²) in [6.45, 7) is 5.73. The fourth-order valence-corrected chi connectivity index (χ4v) is 0.839. The first-order valence-electron chi connectivity index (χ1n) is 3.81. The summed E-state index contributed by atoms with van der Waals surface area (Å²) in [5.74, 6) is 1.82. The third-order valence-electron chi connectivity index (χ3n) is 1.56. The van der Waals surface area contributed by atoms with E-state index in [4.69, 9.17) is 0 Å². The van der Waals surface area contributed by atoms with Crippen molar-refractivity contribution >= 4 is 0 Å². The van der Waals surface area contributed by atoms with Crippen LogP contribution in [0.3, 0.4) is 0 Å². The van der Waals surface area contributed by atoms with Gasteiger partial charge in [0.25, 0.3) is 0 Å². The van der Waals surface area contributed by atoms with Crippen molar-refractivity contribution < 1.29 is 0 Å².